The van der Waals surface area contributed by atoms with Crippen molar-refractivity contribution in [3.05, 3.63) is 42.1 Å². The van der Waals surface area contributed by atoms with Gasteiger partial charge in [-0.05, 0) is 37.6 Å². The Morgan fingerprint density at radius 2 is 1.46 bits per heavy atom. The molecule has 2 unspecified atom stereocenters. The van der Waals surface area contributed by atoms with E-state index < -0.39 is 22.4 Å². The number of nitrogens with zero attached hydrogens (tertiary/aromatic N) is 2. The lowest BCUT2D eigenvalue weighted by Crippen LogP contribution is -2.38. The summed E-state index contributed by atoms with van der Waals surface area (Å²) in [5.74, 6) is 1.41. The van der Waals surface area contributed by atoms with Crippen LogP contribution in [0.2, 0.25) is 39.3 Å². The number of benzene rings is 2. The van der Waals surface area contributed by atoms with Crippen molar-refractivity contribution in [2.45, 2.75) is 77.6 Å². The minimum atomic E-state index is -1.47. The second kappa shape index (κ2) is 13.0. The predicted molar refractivity (Wildman–Crippen MR) is 162 cm³/mol. The molecule has 10 heteroatoms. The zero-order valence-electron chi connectivity index (χ0n) is 25.5. The summed E-state index contributed by atoms with van der Waals surface area (Å²) in [6.07, 6.45) is -0.578. The van der Waals surface area contributed by atoms with Gasteiger partial charge in [0, 0.05) is 42.7 Å². The molecular weight excluding hydrogens is 528 g/mol. The van der Waals surface area contributed by atoms with Gasteiger partial charge in [0.25, 0.3) is 0 Å². The lowest BCUT2D eigenvalue weighted by atomic mass is 10.0. The number of hydrogen-bond acceptors (Lipinski definition) is 7. The smallest absolute Gasteiger partial charge is 0.203 e. The zero-order chi connectivity index (χ0) is 29.0. The fraction of sp³-hybridized carbons (Fsp3) is 0.552. The number of rotatable bonds is 14. The van der Waals surface area contributed by atoms with Crippen LogP contribution < -0.4 is 9.47 Å². The topological polar surface area (TPSA) is 73.2 Å². The van der Waals surface area contributed by atoms with E-state index in [0.29, 0.717) is 23.9 Å². The molecule has 0 amide bonds. The summed E-state index contributed by atoms with van der Waals surface area (Å²) in [4.78, 5) is 0. The van der Waals surface area contributed by atoms with Gasteiger partial charge in [0.15, 0.2) is 6.79 Å². The van der Waals surface area contributed by atoms with Gasteiger partial charge >= 0.3 is 0 Å². The highest BCUT2D eigenvalue weighted by Gasteiger charge is 2.25. The molecule has 0 aliphatic rings. The molecule has 8 nitrogen and oxygen atoms in total. The van der Waals surface area contributed by atoms with Crippen molar-refractivity contribution in [2.24, 2.45) is 0 Å². The van der Waals surface area contributed by atoms with Crippen molar-refractivity contribution >= 4 is 27.1 Å². The van der Waals surface area contributed by atoms with Crippen LogP contribution in [0.3, 0.4) is 0 Å². The highest BCUT2D eigenvalue weighted by atomic mass is 28.3. The van der Waals surface area contributed by atoms with E-state index in [1.165, 1.54) is 0 Å². The van der Waals surface area contributed by atoms with Crippen LogP contribution in [0, 0.1) is 0 Å². The number of fused-ring (bicyclic) bond motifs is 1. The van der Waals surface area contributed by atoms with Crippen molar-refractivity contribution in [3.63, 3.8) is 0 Å². The van der Waals surface area contributed by atoms with Gasteiger partial charge in [-0.1, -0.05) is 51.4 Å². The van der Waals surface area contributed by atoms with Crippen LogP contribution in [-0.4, -0.2) is 65.5 Å². The number of hydrogen-bond donors (Lipinski definition) is 0. The van der Waals surface area contributed by atoms with Crippen LogP contribution in [0.1, 0.15) is 25.8 Å². The van der Waals surface area contributed by atoms with Crippen molar-refractivity contribution in [1.29, 1.82) is 0 Å². The second-order valence-corrected chi connectivity index (χ2v) is 23.1. The fourth-order valence-corrected chi connectivity index (χ4v) is 4.99. The fourth-order valence-electron chi connectivity index (χ4n) is 3.85. The maximum atomic E-state index is 6.27. The molecule has 1 aromatic heterocycles. The number of ether oxygens (including phenoxy) is 6. The van der Waals surface area contributed by atoms with E-state index in [1.807, 2.05) is 28.9 Å². The van der Waals surface area contributed by atoms with Crippen LogP contribution in [-0.2, 0) is 25.7 Å². The summed E-state index contributed by atoms with van der Waals surface area (Å²) in [7, 11) is 2.04. The van der Waals surface area contributed by atoms with Gasteiger partial charge in [0.05, 0.1) is 28.8 Å². The zero-order valence-corrected chi connectivity index (χ0v) is 27.5. The third-order valence-corrected chi connectivity index (χ3v) is 12.6. The van der Waals surface area contributed by atoms with Crippen LogP contribution in [0.15, 0.2) is 36.4 Å². The molecule has 0 spiro atoms. The summed E-state index contributed by atoms with van der Waals surface area (Å²) >= 11 is 0. The molecule has 2 aromatic carbocycles. The van der Waals surface area contributed by atoms with Crippen LogP contribution >= 0.6 is 0 Å². The van der Waals surface area contributed by atoms with E-state index in [1.54, 1.807) is 21.3 Å². The van der Waals surface area contributed by atoms with Crippen molar-refractivity contribution in [3.8, 4) is 22.6 Å². The van der Waals surface area contributed by atoms with Gasteiger partial charge in [-0.3, -0.25) is 0 Å². The first-order valence-electron chi connectivity index (χ1n) is 13.4. The maximum absolute atomic E-state index is 6.27. The van der Waals surface area contributed by atoms with E-state index in [-0.39, 0.29) is 18.2 Å². The highest BCUT2D eigenvalue weighted by molar-refractivity contribution is 6.77. The van der Waals surface area contributed by atoms with E-state index in [0.717, 1.165) is 22.0 Å². The molecule has 2 atom stereocenters. The van der Waals surface area contributed by atoms with Gasteiger partial charge in [0.1, 0.15) is 23.9 Å². The molecule has 216 valence electrons. The Morgan fingerprint density at radius 3 is 2.05 bits per heavy atom. The minimum absolute atomic E-state index is 0.175. The number of aromatic nitrogens is 2. The Labute approximate surface area is 235 Å². The normalized spacial score (nSPS) is 14.2. The number of methoxy groups -OCH3 is 3. The lowest BCUT2D eigenvalue weighted by molar-refractivity contribution is -0.108. The third kappa shape index (κ3) is 7.71. The summed E-state index contributed by atoms with van der Waals surface area (Å²) in [6.45, 7) is 18.5. The van der Waals surface area contributed by atoms with Crippen molar-refractivity contribution in [1.82, 2.24) is 9.78 Å². The molecule has 0 saturated carbocycles. The van der Waals surface area contributed by atoms with Crippen molar-refractivity contribution in [2.75, 3.05) is 28.1 Å². The third-order valence-electron chi connectivity index (χ3n) is 7.35. The molecule has 1 heterocycles. The molecule has 39 heavy (non-hydrogen) atoms. The average molecular weight is 575 g/mol. The van der Waals surface area contributed by atoms with Crippen LogP contribution in [0.4, 0.5) is 0 Å². The van der Waals surface area contributed by atoms with E-state index in [2.05, 4.69) is 65.3 Å². The SMILES string of the molecule is COc1cc(OCOC(C)[Si](C)(C)C)ccc1-c1ccc2c(C(OC)OC)nn(COC(C)[Si](C)(C)C)c2c1. The molecule has 3 aromatic rings. The standard InChI is InChI=1S/C29H46N2O6Si2/c1-20(38(6,7)8)35-18-31-26-16-22(12-14-25(26)28(30-31)29(33-4)34-5)24-15-13-23(17-27(24)32-3)37-19-36-21(2)39(9,10)11/h12-17,20-21,29H,18-19H2,1-11H3. The van der Waals surface area contributed by atoms with Crippen molar-refractivity contribution < 1.29 is 28.4 Å². The monoisotopic (exact) mass is 574 g/mol. The first-order valence-corrected chi connectivity index (χ1v) is 20.6. The molecule has 0 aliphatic carbocycles. The molecule has 0 fully saturated rings. The van der Waals surface area contributed by atoms with Gasteiger partial charge < -0.3 is 28.4 Å². The molecule has 0 radical (unpaired) electrons. The van der Waals surface area contributed by atoms with Gasteiger partial charge in [0.2, 0.25) is 6.29 Å². The maximum Gasteiger partial charge on any atom is 0.203 e. The Hall–Kier alpha value is -2.22. The summed E-state index contributed by atoms with van der Waals surface area (Å²) < 4.78 is 36.8. The summed E-state index contributed by atoms with van der Waals surface area (Å²) in [5, 5.41) is 5.79. The molecule has 0 bridgehead atoms. The first-order chi connectivity index (χ1) is 18.3. The van der Waals surface area contributed by atoms with Crippen LogP contribution in [0.25, 0.3) is 22.0 Å². The largest absolute Gasteiger partial charge is 0.496 e. The molecule has 0 N–H and O–H groups in total. The Bertz CT molecular complexity index is 1230. The molecule has 0 aliphatic heterocycles. The van der Waals surface area contributed by atoms with Gasteiger partial charge in [-0.15, -0.1) is 0 Å². The predicted octanol–water partition coefficient (Wildman–Crippen LogP) is 6.86. The van der Waals surface area contributed by atoms with Gasteiger partial charge in [-0.25, -0.2) is 4.68 Å². The van der Waals surface area contributed by atoms with E-state index in [4.69, 9.17) is 33.5 Å². The summed E-state index contributed by atoms with van der Waals surface area (Å²) in [6, 6.07) is 12.1. The van der Waals surface area contributed by atoms with Crippen LogP contribution in [0.5, 0.6) is 11.5 Å². The van der Waals surface area contributed by atoms with E-state index >= 15 is 0 Å². The quantitative estimate of drug-likeness (QED) is 0.154. The molecule has 3 rings (SSSR count). The average Bonchev–Trinajstić information content (AvgIpc) is 3.24. The second-order valence-electron chi connectivity index (χ2n) is 12.0. The molecule has 0 saturated heterocycles. The van der Waals surface area contributed by atoms with Gasteiger partial charge in [-0.2, -0.15) is 5.10 Å². The summed E-state index contributed by atoms with van der Waals surface area (Å²) in [5.41, 5.74) is 3.97. The Morgan fingerprint density at radius 1 is 0.821 bits per heavy atom. The van der Waals surface area contributed by atoms with E-state index in [9.17, 15) is 0 Å². The Kier molecular flexibility index (Phi) is 10.4. The minimum Gasteiger partial charge on any atom is -0.496 e. The first kappa shape index (κ1) is 31.3. The molecular formula is C29H46N2O6Si2. The Balaban J connectivity index is 1.93. The lowest BCUT2D eigenvalue weighted by Gasteiger charge is -2.25. The highest BCUT2D eigenvalue weighted by Crippen LogP contribution is 2.36.